The van der Waals surface area contributed by atoms with E-state index in [-0.39, 0.29) is 6.61 Å². The van der Waals surface area contributed by atoms with E-state index in [1.54, 1.807) is 61.7 Å². The first kappa shape index (κ1) is 21.1. The first-order valence-electron chi connectivity index (χ1n) is 9.48. The van der Waals surface area contributed by atoms with E-state index < -0.39 is 18.0 Å². The van der Waals surface area contributed by atoms with Gasteiger partial charge in [0.15, 0.2) is 0 Å². The molecule has 1 amide bonds. The van der Waals surface area contributed by atoms with Crippen LogP contribution in [-0.2, 0) is 20.9 Å². The van der Waals surface area contributed by atoms with Crippen molar-refractivity contribution >= 4 is 17.6 Å². The third-order valence-electron chi connectivity index (χ3n) is 4.29. The Balaban J connectivity index is 1.66. The van der Waals surface area contributed by atoms with Crippen molar-refractivity contribution in [3.8, 4) is 5.75 Å². The number of benzene rings is 3. The van der Waals surface area contributed by atoms with E-state index in [4.69, 9.17) is 14.2 Å². The number of carbonyl (C=O) groups excluding carboxylic acids is 2. The molecule has 3 aromatic rings. The van der Waals surface area contributed by atoms with Crippen LogP contribution in [0.5, 0.6) is 5.75 Å². The van der Waals surface area contributed by atoms with Crippen molar-refractivity contribution in [3.05, 3.63) is 96.1 Å². The van der Waals surface area contributed by atoms with Crippen molar-refractivity contribution < 1.29 is 23.8 Å². The average Bonchev–Trinajstić information content (AvgIpc) is 2.80. The average molecular weight is 405 g/mol. The highest BCUT2D eigenvalue weighted by Gasteiger charge is 2.24. The largest absolute Gasteiger partial charge is 0.497 e. The normalized spacial score (nSPS) is 11.4. The highest BCUT2D eigenvalue weighted by atomic mass is 16.6. The van der Waals surface area contributed by atoms with Gasteiger partial charge in [-0.2, -0.15) is 0 Å². The highest BCUT2D eigenvalue weighted by Crippen LogP contribution is 2.16. The minimum atomic E-state index is -1.11. The molecule has 0 saturated carbocycles. The first-order valence-corrected chi connectivity index (χ1v) is 9.48. The van der Waals surface area contributed by atoms with Gasteiger partial charge in [0.05, 0.1) is 25.9 Å². The third kappa shape index (κ3) is 6.18. The molecule has 6 nitrogen and oxygen atoms in total. The second-order valence-corrected chi connectivity index (χ2v) is 6.48. The van der Waals surface area contributed by atoms with Crippen LogP contribution in [0.15, 0.2) is 84.9 Å². The predicted octanol–water partition coefficient (Wildman–Crippen LogP) is 4.08. The maximum Gasteiger partial charge on any atom is 0.338 e. The summed E-state index contributed by atoms with van der Waals surface area (Å²) in [4.78, 5) is 25.2. The van der Waals surface area contributed by atoms with E-state index in [1.807, 2.05) is 30.3 Å². The zero-order valence-electron chi connectivity index (χ0n) is 16.6. The Hall–Kier alpha value is -3.64. The maximum atomic E-state index is 12.8. The lowest BCUT2D eigenvalue weighted by Crippen LogP contribution is -2.36. The molecule has 154 valence electrons. The van der Waals surface area contributed by atoms with Crippen molar-refractivity contribution in [2.24, 2.45) is 0 Å². The van der Waals surface area contributed by atoms with Crippen LogP contribution in [0.3, 0.4) is 0 Å². The molecule has 0 aromatic heterocycles. The number of nitrogens with one attached hydrogen (secondary N) is 1. The van der Waals surface area contributed by atoms with E-state index >= 15 is 0 Å². The van der Waals surface area contributed by atoms with Gasteiger partial charge in [-0.25, -0.2) is 4.79 Å². The van der Waals surface area contributed by atoms with Crippen LogP contribution in [0.1, 0.15) is 15.9 Å². The standard InChI is InChI=1S/C24H23NO5/c1-28-21-14-12-20(13-15-21)25-23(26)22(17-29-16-18-8-4-2-5-9-18)30-24(27)19-10-6-3-7-11-19/h2-15,22H,16-17H2,1H3,(H,25,26). The molecule has 0 fully saturated rings. The molecule has 0 radical (unpaired) electrons. The van der Waals surface area contributed by atoms with Crippen LogP contribution in [0, 0.1) is 0 Å². The van der Waals surface area contributed by atoms with Crippen molar-refractivity contribution in [3.63, 3.8) is 0 Å². The van der Waals surface area contributed by atoms with Gasteiger partial charge in [0.2, 0.25) is 6.10 Å². The Bertz CT molecular complexity index is 942. The number of carbonyl (C=O) groups is 2. The van der Waals surface area contributed by atoms with Crippen LogP contribution in [0.4, 0.5) is 5.69 Å². The van der Waals surface area contributed by atoms with Crippen molar-refractivity contribution in [1.29, 1.82) is 0 Å². The molecule has 1 unspecified atom stereocenters. The van der Waals surface area contributed by atoms with Gasteiger partial charge in [0.1, 0.15) is 5.75 Å². The summed E-state index contributed by atoms with van der Waals surface area (Å²) < 4.78 is 16.2. The van der Waals surface area contributed by atoms with Crippen LogP contribution in [0.2, 0.25) is 0 Å². The number of rotatable bonds is 9. The quantitative estimate of drug-likeness (QED) is 0.543. The molecule has 1 N–H and O–H groups in total. The third-order valence-corrected chi connectivity index (χ3v) is 4.29. The maximum absolute atomic E-state index is 12.8. The minimum Gasteiger partial charge on any atom is -0.497 e. The monoisotopic (exact) mass is 405 g/mol. The summed E-state index contributed by atoms with van der Waals surface area (Å²) >= 11 is 0. The minimum absolute atomic E-state index is 0.0740. The molecule has 6 heteroatoms. The SMILES string of the molecule is COc1ccc(NC(=O)C(COCc2ccccc2)OC(=O)c2ccccc2)cc1. The molecule has 3 aromatic carbocycles. The van der Waals surface area contributed by atoms with E-state index in [0.717, 1.165) is 5.56 Å². The number of hydrogen-bond donors (Lipinski definition) is 1. The fourth-order valence-electron chi connectivity index (χ4n) is 2.69. The number of amides is 1. The number of hydrogen-bond acceptors (Lipinski definition) is 5. The van der Waals surface area contributed by atoms with Crippen LogP contribution >= 0.6 is 0 Å². The van der Waals surface area contributed by atoms with Crippen molar-refractivity contribution in [2.45, 2.75) is 12.7 Å². The van der Waals surface area contributed by atoms with Gasteiger partial charge < -0.3 is 19.5 Å². The number of methoxy groups -OCH3 is 1. The van der Waals surface area contributed by atoms with Gasteiger partial charge in [-0.3, -0.25) is 4.79 Å². The Morgan fingerprint density at radius 1 is 0.867 bits per heavy atom. The molecule has 1 atom stereocenters. The summed E-state index contributed by atoms with van der Waals surface area (Å²) in [6.07, 6.45) is -1.11. The molecular weight excluding hydrogens is 382 g/mol. The summed E-state index contributed by atoms with van der Waals surface area (Å²) in [7, 11) is 1.57. The van der Waals surface area contributed by atoms with Crippen LogP contribution in [0.25, 0.3) is 0 Å². The van der Waals surface area contributed by atoms with Gasteiger partial charge >= 0.3 is 5.97 Å². The van der Waals surface area contributed by atoms with Gasteiger partial charge in [-0.15, -0.1) is 0 Å². The molecule has 30 heavy (non-hydrogen) atoms. The molecule has 0 spiro atoms. The van der Waals surface area contributed by atoms with Crippen LogP contribution < -0.4 is 10.1 Å². The fourth-order valence-corrected chi connectivity index (χ4v) is 2.69. The van der Waals surface area contributed by atoms with E-state index in [1.165, 1.54) is 0 Å². The fraction of sp³-hybridized carbons (Fsp3) is 0.167. The molecule has 0 saturated heterocycles. The lowest BCUT2D eigenvalue weighted by molar-refractivity contribution is -0.128. The molecule has 0 aliphatic heterocycles. The highest BCUT2D eigenvalue weighted by molar-refractivity contribution is 5.97. The summed E-state index contributed by atoms with van der Waals surface area (Å²) in [5.74, 6) is -0.391. The van der Waals surface area contributed by atoms with Gasteiger partial charge in [0, 0.05) is 5.69 Å². The summed E-state index contributed by atoms with van der Waals surface area (Å²) in [5, 5.41) is 2.75. The lowest BCUT2D eigenvalue weighted by Gasteiger charge is -2.18. The molecule has 3 rings (SSSR count). The lowest BCUT2D eigenvalue weighted by atomic mass is 10.2. The van der Waals surface area contributed by atoms with E-state index in [2.05, 4.69) is 5.32 Å². The summed E-state index contributed by atoms with van der Waals surface area (Å²) in [5.41, 5.74) is 1.88. The second-order valence-electron chi connectivity index (χ2n) is 6.48. The van der Waals surface area contributed by atoms with Gasteiger partial charge in [0.25, 0.3) is 5.91 Å². The number of esters is 1. The molecule has 0 heterocycles. The van der Waals surface area contributed by atoms with Crippen molar-refractivity contribution in [2.75, 3.05) is 19.0 Å². The molecular formula is C24H23NO5. The van der Waals surface area contributed by atoms with Crippen molar-refractivity contribution in [1.82, 2.24) is 0 Å². The Kier molecular flexibility index (Phi) is 7.58. The van der Waals surface area contributed by atoms with E-state index in [0.29, 0.717) is 23.6 Å². The zero-order valence-corrected chi connectivity index (χ0v) is 16.6. The molecule has 0 bridgehead atoms. The summed E-state index contributed by atoms with van der Waals surface area (Å²) in [6, 6.07) is 25.0. The summed E-state index contributed by atoms with van der Waals surface area (Å²) in [6.45, 7) is 0.228. The second kappa shape index (κ2) is 10.8. The molecule has 0 aliphatic carbocycles. The number of ether oxygens (including phenoxy) is 3. The zero-order chi connectivity index (χ0) is 21.2. The number of anilines is 1. The smallest absolute Gasteiger partial charge is 0.338 e. The topological polar surface area (TPSA) is 73.9 Å². The van der Waals surface area contributed by atoms with E-state index in [9.17, 15) is 9.59 Å². The van der Waals surface area contributed by atoms with Crippen LogP contribution in [-0.4, -0.2) is 31.7 Å². The first-order chi connectivity index (χ1) is 14.7. The van der Waals surface area contributed by atoms with Gasteiger partial charge in [-0.05, 0) is 42.0 Å². The Morgan fingerprint density at radius 2 is 1.50 bits per heavy atom. The van der Waals surface area contributed by atoms with Gasteiger partial charge in [-0.1, -0.05) is 48.5 Å². The predicted molar refractivity (Wildman–Crippen MR) is 113 cm³/mol. The Labute approximate surface area is 175 Å². The Morgan fingerprint density at radius 3 is 2.13 bits per heavy atom. The molecule has 0 aliphatic rings.